The first-order chi connectivity index (χ1) is 12.0. The molecule has 0 aliphatic carbocycles. The minimum absolute atomic E-state index is 0.0146. The predicted octanol–water partition coefficient (Wildman–Crippen LogP) is 2.61. The van der Waals surface area contributed by atoms with Crippen molar-refractivity contribution in [1.82, 2.24) is 19.7 Å². The number of hydrogen-bond donors (Lipinski definition) is 1. The molecule has 0 bridgehead atoms. The van der Waals surface area contributed by atoms with Gasteiger partial charge in [0.25, 0.3) is 5.56 Å². The van der Waals surface area contributed by atoms with Gasteiger partial charge in [-0.25, -0.2) is 0 Å². The van der Waals surface area contributed by atoms with Crippen LogP contribution >= 0.6 is 15.9 Å². The van der Waals surface area contributed by atoms with Crippen LogP contribution in [0, 0.1) is 6.92 Å². The molecular formula is C18H19BrN4O2. The van der Waals surface area contributed by atoms with Gasteiger partial charge in [0.05, 0.1) is 5.69 Å². The number of fused-ring (bicyclic) bond motifs is 1. The summed E-state index contributed by atoms with van der Waals surface area (Å²) in [7, 11) is 0. The maximum absolute atomic E-state index is 12.7. The summed E-state index contributed by atoms with van der Waals surface area (Å²) in [6, 6.07) is 9.56. The van der Waals surface area contributed by atoms with E-state index in [1.807, 2.05) is 44.2 Å². The summed E-state index contributed by atoms with van der Waals surface area (Å²) in [5.41, 5.74) is 2.17. The zero-order chi connectivity index (χ0) is 18.0. The number of nitrogens with zero attached hydrogens (tertiary/aromatic N) is 3. The van der Waals surface area contributed by atoms with E-state index < -0.39 is 0 Å². The van der Waals surface area contributed by atoms with Crippen LogP contribution in [-0.2, 0) is 24.4 Å². The summed E-state index contributed by atoms with van der Waals surface area (Å²) in [6.45, 7) is 4.84. The third-order valence-electron chi connectivity index (χ3n) is 4.07. The highest BCUT2D eigenvalue weighted by molar-refractivity contribution is 9.10. The molecule has 0 radical (unpaired) electrons. The van der Waals surface area contributed by atoms with Gasteiger partial charge < -0.3 is 9.88 Å². The molecule has 0 aliphatic rings. The van der Waals surface area contributed by atoms with E-state index in [2.05, 4.69) is 26.3 Å². The fourth-order valence-corrected chi connectivity index (χ4v) is 3.02. The standard InChI is InChI=1S/C18H19BrN4O2/c1-3-23-17-15(12(2)21-23)8-9-22(18(17)25)11-16(24)20-10-13-4-6-14(19)7-5-13/h4-9H,3,10-11H2,1-2H3,(H,20,24). The number of amides is 1. The molecule has 25 heavy (non-hydrogen) atoms. The third kappa shape index (κ3) is 3.66. The summed E-state index contributed by atoms with van der Waals surface area (Å²) in [5.74, 6) is -0.205. The number of pyridine rings is 1. The van der Waals surface area contributed by atoms with E-state index in [-0.39, 0.29) is 18.0 Å². The van der Waals surface area contributed by atoms with Crippen molar-refractivity contribution >= 4 is 32.7 Å². The van der Waals surface area contributed by atoms with Gasteiger partial charge in [-0.2, -0.15) is 5.10 Å². The van der Waals surface area contributed by atoms with Crippen LogP contribution in [0.3, 0.4) is 0 Å². The van der Waals surface area contributed by atoms with E-state index in [1.54, 1.807) is 10.9 Å². The number of aryl methyl sites for hydroxylation is 2. The zero-order valence-electron chi connectivity index (χ0n) is 14.1. The SMILES string of the molecule is CCn1nc(C)c2ccn(CC(=O)NCc3ccc(Br)cc3)c(=O)c21. The van der Waals surface area contributed by atoms with E-state index in [0.29, 0.717) is 18.6 Å². The third-order valence-corrected chi connectivity index (χ3v) is 4.60. The second-order valence-corrected chi connectivity index (χ2v) is 6.73. The predicted molar refractivity (Wildman–Crippen MR) is 100 cm³/mol. The van der Waals surface area contributed by atoms with Crippen molar-refractivity contribution in [3.05, 3.63) is 62.6 Å². The van der Waals surface area contributed by atoms with E-state index >= 15 is 0 Å². The lowest BCUT2D eigenvalue weighted by Crippen LogP contribution is -2.32. The highest BCUT2D eigenvalue weighted by Crippen LogP contribution is 2.14. The Labute approximate surface area is 153 Å². The fraction of sp³-hybridized carbons (Fsp3) is 0.278. The molecule has 2 heterocycles. The molecule has 3 aromatic rings. The monoisotopic (exact) mass is 402 g/mol. The number of nitrogens with one attached hydrogen (secondary N) is 1. The lowest BCUT2D eigenvalue weighted by Gasteiger charge is -2.08. The first-order valence-corrected chi connectivity index (χ1v) is 8.86. The molecular weight excluding hydrogens is 384 g/mol. The lowest BCUT2D eigenvalue weighted by molar-refractivity contribution is -0.121. The molecule has 1 aromatic carbocycles. The summed E-state index contributed by atoms with van der Waals surface area (Å²) < 4.78 is 4.10. The molecule has 130 valence electrons. The van der Waals surface area contributed by atoms with Gasteiger partial charge in [0.1, 0.15) is 12.1 Å². The molecule has 7 heteroatoms. The number of carbonyl (C=O) groups is 1. The lowest BCUT2D eigenvalue weighted by atomic mass is 10.2. The number of benzene rings is 1. The Morgan fingerprint density at radius 3 is 2.64 bits per heavy atom. The second kappa shape index (κ2) is 7.23. The van der Waals surface area contributed by atoms with Crippen LogP contribution in [0.4, 0.5) is 0 Å². The molecule has 2 aromatic heterocycles. The maximum Gasteiger partial charge on any atom is 0.277 e. The number of rotatable bonds is 5. The minimum atomic E-state index is -0.205. The van der Waals surface area contributed by atoms with Gasteiger partial charge in [-0.15, -0.1) is 0 Å². The first-order valence-electron chi connectivity index (χ1n) is 8.07. The molecule has 0 unspecified atom stereocenters. The van der Waals surface area contributed by atoms with Gasteiger partial charge in [-0.05, 0) is 37.6 Å². The largest absolute Gasteiger partial charge is 0.350 e. The van der Waals surface area contributed by atoms with Gasteiger partial charge in [0.2, 0.25) is 5.91 Å². The van der Waals surface area contributed by atoms with Gasteiger partial charge in [-0.1, -0.05) is 28.1 Å². The highest BCUT2D eigenvalue weighted by Gasteiger charge is 2.13. The van der Waals surface area contributed by atoms with Crippen LogP contribution in [0.1, 0.15) is 18.2 Å². The topological polar surface area (TPSA) is 68.9 Å². The molecule has 0 fully saturated rings. The van der Waals surface area contributed by atoms with Crippen molar-refractivity contribution in [3.63, 3.8) is 0 Å². The summed E-state index contributed by atoms with van der Waals surface area (Å²) in [5, 5.41) is 8.04. The zero-order valence-corrected chi connectivity index (χ0v) is 15.7. The Bertz CT molecular complexity index is 973. The number of halogens is 1. The molecule has 0 atom stereocenters. The van der Waals surface area contributed by atoms with E-state index in [1.165, 1.54) is 4.57 Å². The number of carbonyl (C=O) groups excluding carboxylic acids is 1. The quantitative estimate of drug-likeness (QED) is 0.712. The van der Waals surface area contributed by atoms with Crippen LogP contribution < -0.4 is 10.9 Å². The van der Waals surface area contributed by atoms with E-state index in [4.69, 9.17) is 0 Å². The van der Waals surface area contributed by atoms with Crippen LogP contribution in [0.15, 0.2) is 45.8 Å². The fourth-order valence-electron chi connectivity index (χ4n) is 2.76. The highest BCUT2D eigenvalue weighted by atomic mass is 79.9. The Hall–Kier alpha value is -2.41. The molecule has 0 saturated carbocycles. The van der Waals surface area contributed by atoms with E-state index in [9.17, 15) is 9.59 Å². The Balaban J connectivity index is 1.76. The average molecular weight is 403 g/mol. The Morgan fingerprint density at radius 2 is 1.96 bits per heavy atom. The van der Waals surface area contributed by atoms with Crippen molar-refractivity contribution in [1.29, 1.82) is 0 Å². The molecule has 1 amide bonds. The maximum atomic E-state index is 12.7. The minimum Gasteiger partial charge on any atom is -0.350 e. The molecule has 3 rings (SSSR count). The number of aromatic nitrogens is 3. The molecule has 0 spiro atoms. The average Bonchev–Trinajstić information content (AvgIpc) is 2.93. The first kappa shape index (κ1) is 17.4. The van der Waals surface area contributed by atoms with Crippen molar-refractivity contribution in [2.75, 3.05) is 0 Å². The normalized spacial score (nSPS) is 11.0. The smallest absolute Gasteiger partial charge is 0.277 e. The van der Waals surface area contributed by atoms with Gasteiger partial charge in [-0.3, -0.25) is 14.3 Å². The van der Waals surface area contributed by atoms with Gasteiger partial charge >= 0.3 is 0 Å². The summed E-state index contributed by atoms with van der Waals surface area (Å²) >= 11 is 3.38. The number of hydrogen-bond acceptors (Lipinski definition) is 3. The summed E-state index contributed by atoms with van der Waals surface area (Å²) in [4.78, 5) is 24.9. The van der Waals surface area contributed by atoms with Gasteiger partial charge in [0.15, 0.2) is 0 Å². The molecule has 0 saturated heterocycles. The van der Waals surface area contributed by atoms with E-state index in [0.717, 1.165) is 21.1 Å². The van der Waals surface area contributed by atoms with Gasteiger partial charge in [0, 0.05) is 29.1 Å². The Morgan fingerprint density at radius 1 is 1.24 bits per heavy atom. The van der Waals surface area contributed by atoms with Crippen molar-refractivity contribution in [2.45, 2.75) is 33.5 Å². The van der Waals surface area contributed by atoms with Crippen LogP contribution in [0.5, 0.6) is 0 Å². The molecule has 1 N–H and O–H groups in total. The second-order valence-electron chi connectivity index (χ2n) is 5.82. The van der Waals surface area contributed by atoms with Crippen molar-refractivity contribution in [3.8, 4) is 0 Å². The molecule has 0 aliphatic heterocycles. The van der Waals surface area contributed by atoms with Crippen LogP contribution in [0.2, 0.25) is 0 Å². The molecule has 6 nitrogen and oxygen atoms in total. The van der Waals surface area contributed by atoms with Crippen molar-refractivity contribution < 1.29 is 4.79 Å². The van der Waals surface area contributed by atoms with Crippen LogP contribution in [0.25, 0.3) is 10.9 Å². The van der Waals surface area contributed by atoms with Crippen LogP contribution in [-0.4, -0.2) is 20.3 Å². The van der Waals surface area contributed by atoms with Crippen molar-refractivity contribution in [2.24, 2.45) is 0 Å². The Kier molecular flexibility index (Phi) is 5.03. The summed E-state index contributed by atoms with van der Waals surface area (Å²) in [6.07, 6.45) is 1.65.